The second kappa shape index (κ2) is 9.14. The van der Waals surface area contributed by atoms with Crippen molar-refractivity contribution in [1.29, 1.82) is 0 Å². The first-order valence-electron chi connectivity index (χ1n) is 10.6. The van der Waals surface area contributed by atoms with Crippen molar-refractivity contribution in [2.24, 2.45) is 0 Å². The molecule has 1 aliphatic rings. The van der Waals surface area contributed by atoms with Gasteiger partial charge in [0, 0.05) is 44.5 Å². The molecule has 0 radical (unpaired) electrons. The van der Waals surface area contributed by atoms with Gasteiger partial charge in [-0.1, -0.05) is 54.6 Å². The molecule has 7 heteroatoms. The van der Waals surface area contributed by atoms with E-state index >= 15 is 0 Å². The number of para-hydroxylation sites is 1. The normalized spacial score (nSPS) is 14.1. The number of benzene rings is 3. The lowest BCUT2D eigenvalue weighted by Crippen LogP contribution is -2.34. The predicted octanol–water partition coefficient (Wildman–Crippen LogP) is 3.57. The molecule has 0 saturated heterocycles. The van der Waals surface area contributed by atoms with E-state index in [1.165, 1.54) is 6.07 Å². The van der Waals surface area contributed by atoms with Gasteiger partial charge >= 0.3 is 0 Å². The van der Waals surface area contributed by atoms with Crippen molar-refractivity contribution in [2.75, 3.05) is 25.0 Å². The molecule has 0 bridgehead atoms. The lowest BCUT2D eigenvalue weighted by molar-refractivity contribution is 0.0751. The van der Waals surface area contributed by atoms with E-state index in [9.17, 15) is 13.2 Å². The van der Waals surface area contributed by atoms with Crippen LogP contribution in [0, 0.1) is 6.92 Å². The molecule has 0 atom stereocenters. The number of aryl methyl sites for hydroxylation is 1. The average molecular weight is 450 g/mol. The molecule has 3 aromatic carbocycles. The molecule has 1 heterocycles. The molecule has 0 aliphatic carbocycles. The third-order valence-electron chi connectivity index (χ3n) is 5.79. The number of rotatable bonds is 5. The molecule has 0 unspecified atom stereocenters. The standard InChI is InChI=1S/C25H27N3O3S/c1-19-12-13-21(16-24(19)32(30,31)26-17-20-8-4-3-5-9-20)25(29)28-15-14-27(2)23-11-7-6-10-22(23)18-28/h3-13,16,26H,14-15,17-18H2,1-2H3. The van der Waals surface area contributed by atoms with Crippen molar-refractivity contribution in [2.45, 2.75) is 24.9 Å². The molecular formula is C25H27N3O3S. The van der Waals surface area contributed by atoms with Crippen LogP contribution in [0.25, 0.3) is 0 Å². The van der Waals surface area contributed by atoms with Crippen LogP contribution in [-0.2, 0) is 23.1 Å². The van der Waals surface area contributed by atoms with E-state index in [2.05, 4.69) is 15.7 Å². The lowest BCUT2D eigenvalue weighted by atomic mass is 10.1. The number of nitrogens with zero attached hydrogens (tertiary/aromatic N) is 2. The monoisotopic (exact) mass is 449 g/mol. The first kappa shape index (κ1) is 22.0. The van der Waals surface area contributed by atoms with Crippen molar-refractivity contribution < 1.29 is 13.2 Å². The van der Waals surface area contributed by atoms with Gasteiger partial charge in [-0.15, -0.1) is 0 Å². The maximum absolute atomic E-state index is 13.3. The Labute approximate surface area is 189 Å². The fourth-order valence-electron chi connectivity index (χ4n) is 3.92. The summed E-state index contributed by atoms with van der Waals surface area (Å²) in [6.45, 7) is 3.69. The van der Waals surface area contributed by atoms with E-state index in [1.807, 2.05) is 55.6 Å². The van der Waals surface area contributed by atoms with Crippen LogP contribution in [0.1, 0.15) is 27.0 Å². The number of carbonyl (C=O) groups excluding carboxylic acids is 1. The highest BCUT2D eigenvalue weighted by Crippen LogP contribution is 2.25. The number of carbonyl (C=O) groups is 1. The number of anilines is 1. The van der Waals surface area contributed by atoms with Gasteiger partial charge in [-0.2, -0.15) is 0 Å². The minimum Gasteiger partial charge on any atom is -0.373 e. The zero-order valence-corrected chi connectivity index (χ0v) is 19.1. The van der Waals surface area contributed by atoms with Gasteiger partial charge in [-0.3, -0.25) is 4.79 Å². The molecule has 3 aromatic rings. The van der Waals surface area contributed by atoms with Gasteiger partial charge in [-0.25, -0.2) is 13.1 Å². The zero-order valence-electron chi connectivity index (χ0n) is 18.3. The Hall–Kier alpha value is -3.16. The van der Waals surface area contributed by atoms with E-state index in [-0.39, 0.29) is 17.3 Å². The quantitative estimate of drug-likeness (QED) is 0.647. The smallest absolute Gasteiger partial charge is 0.254 e. The predicted molar refractivity (Wildman–Crippen MR) is 126 cm³/mol. The molecule has 0 saturated carbocycles. The van der Waals surface area contributed by atoms with Gasteiger partial charge in [0.15, 0.2) is 0 Å². The van der Waals surface area contributed by atoms with Crippen molar-refractivity contribution >= 4 is 21.6 Å². The molecule has 1 N–H and O–H groups in total. The van der Waals surface area contributed by atoms with Gasteiger partial charge in [-0.05, 0) is 41.8 Å². The van der Waals surface area contributed by atoms with Crippen LogP contribution < -0.4 is 9.62 Å². The fraction of sp³-hybridized carbons (Fsp3) is 0.240. The number of likely N-dealkylation sites (N-methyl/N-ethyl adjacent to an activating group) is 1. The Balaban J connectivity index is 1.57. The largest absolute Gasteiger partial charge is 0.373 e. The molecule has 4 rings (SSSR count). The van der Waals surface area contributed by atoms with Gasteiger partial charge in [0.2, 0.25) is 10.0 Å². The average Bonchev–Trinajstić information content (AvgIpc) is 2.97. The number of nitrogens with one attached hydrogen (secondary N) is 1. The number of fused-ring (bicyclic) bond motifs is 1. The molecule has 0 fully saturated rings. The molecule has 32 heavy (non-hydrogen) atoms. The summed E-state index contributed by atoms with van der Waals surface area (Å²) < 4.78 is 28.6. The van der Waals surface area contributed by atoms with E-state index in [0.29, 0.717) is 30.8 Å². The van der Waals surface area contributed by atoms with E-state index < -0.39 is 10.0 Å². The van der Waals surface area contributed by atoms with Crippen LogP contribution in [0.4, 0.5) is 5.69 Å². The summed E-state index contributed by atoms with van der Waals surface area (Å²) in [5, 5.41) is 0. The SMILES string of the molecule is Cc1ccc(C(=O)N2CCN(C)c3ccccc3C2)cc1S(=O)(=O)NCc1ccccc1. The zero-order chi connectivity index (χ0) is 22.7. The number of hydrogen-bond acceptors (Lipinski definition) is 4. The Morgan fingerprint density at radius 3 is 2.47 bits per heavy atom. The summed E-state index contributed by atoms with van der Waals surface area (Å²) in [5.74, 6) is -0.172. The Kier molecular flexibility index (Phi) is 6.30. The number of hydrogen-bond donors (Lipinski definition) is 1. The Bertz CT molecular complexity index is 1230. The molecule has 1 amide bonds. The van der Waals surface area contributed by atoms with Gasteiger partial charge < -0.3 is 9.80 Å². The molecule has 6 nitrogen and oxygen atoms in total. The number of sulfonamides is 1. The van der Waals surface area contributed by atoms with Crippen LogP contribution in [0.3, 0.4) is 0 Å². The summed E-state index contributed by atoms with van der Waals surface area (Å²) in [6, 6.07) is 22.3. The summed E-state index contributed by atoms with van der Waals surface area (Å²) >= 11 is 0. The summed E-state index contributed by atoms with van der Waals surface area (Å²) in [4.78, 5) is 17.4. The topological polar surface area (TPSA) is 69.7 Å². The van der Waals surface area contributed by atoms with Crippen LogP contribution in [0.5, 0.6) is 0 Å². The summed E-state index contributed by atoms with van der Waals surface area (Å²) in [6.07, 6.45) is 0. The van der Waals surface area contributed by atoms with Crippen molar-refractivity contribution in [1.82, 2.24) is 9.62 Å². The second-order valence-electron chi connectivity index (χ2n) is 8.07. The molecule has 166 valence electrons. The van der Waals surface area contributed by atoms with Crippen molar-refractivity contribution in [3.63, 3.8) is 0 Å². The summed E-state index contributed by atoms with van der Waals surface area (Å²) in [7, 11) is -1.75. The van der Waals surface area contributed by atoms with E-state index in [0.717, 1.165) is 16.8 Å². The fourth-order valence-corrected chi connectivity index (χ4v) is 5.21. The van der Waals surface area contributed by atoms with Crippen LogP contribution in [-0.4, -0.2) is 39.4 Å². The maximum atomic E-state index is 13.3. The second-order valence-corrected chi connectivity index (χ2v) is 9.80. The van der Waals surface area contributed by atoms with Crippen LogP contribution >= 0.6 is 0 Å². The van der Waals surface area contributed by atoms with E-state index in [4.69, 9.17) is 0 Å². The highest BCUT2D eigenvalue weighted by molar-refractivity contribution is 7.89. The van der Waals surface area contributed by atoms with Gasteiger partial charge in [0.05, 0.1) is 4.90 Å². The third-order valence-corrected chi connectivity index (χ3v) is 7.33. The van der Waals surface area contributed by atoms with Crippen molar-refractivity contribution in [3.05, 3.63) is 95.1 Å². The third kappa shape index (κ3) is 4.69. The van der Waals surface area contributed by atoms with E-state index in [1.54, 1.807) is 24.0 Å². The van der Waals surface area contributed by atoms with Crippen molar-refractivity contribution in [3.8, 4) is 0 Å². The van der Waals surface area contributed by atoms with Crippen LogP contribution in [0.2, 0.25) is 0 Å². The Morgan fingerprint density at radius 2 is 1.69 bits per heavy atom. The first-order chi connectivity index (χ1) is 15.3. The highest BCUT2D eigenvalue weighted by atomic mass is 32.2. The molecule has 0 spiro atoms. The van der Waals surface area contributed by atoms with Gasteiger partial charge in [0.25, 0.3) is 5.91 Å². The minimum atomic E-state index is -3.77. The molecule has 0 aromatic heterocycles. The Morgan fingerprint density at radius 1 is 0.969 bits per heavy atom. The highest BCUT2D eigenvalue weighted by Gasteiger charge is 2.24. The van der Waals surface area contributed by atoms with Gasteiger partial charge in [0.1, 0.15) is 0 Å². The lowest BCUT2D eigenvalue weighted by Gasteiger charge is -2.21. The first-order valence-corrected chi connectivity index (χ1v) is 12.1. The minimum absolute atomic E-state index is 0.131. The molecular weight excluding hydrogens is 422 g/mol. The van der Waals surface area contributed by atoms with Crippen LogP contribution in [0.15, 0.2) is 77.7 Å². The molecule has 1 aliphatic heterocycles. The maximum Gasteiger partial charge on any atom is 0.254 e. The summed E-state index contributed by atoms with van der Waals surface area (Å²) in [5.41, 5.74) is 4.03. The number of amides is 1.